The zero-order chi connectivity index (χ0) is 59.5. The number of carbonyl (C=O) groups is 9. The van der Waals surface area contributed by atoms with Crippen LogP contribution in [-0.4, -0.2) is 252 Å². The maximum Gasteiger partial charge on any atom is 0.317 e. The van der Waals surface area contributed by atoms with Crippen LogP contribution in [0.5, 0.6) is 0 Å². The van der Waals surface area contributed by atoms with Gasteiger partial charge in [-0.05, 0) is 30.5 Å². The van der Waals surface area contributed by atoms with E-state index in [0.717, 1.165) is 10.5 Å². The smallest absolute Gasteiger partial charge is 0.317 e. The Morgan fingerprint density at radius 2 is 1.39 bits per heavy atom. The van der Waals surface area contributed by atoms with E-state index < -0.39 is 90.9 Å². The first-order valence-corrected chi connectivity index (χ1v) is 26.9. The summed E-state index contributed by atoms with van der Waals surface area (Å²) in [6, 6.07) is 13.0. The van der Waals surface area contributed by atoms with E-state index in [9.17, 15) is 67.4 Å². The molecule has 28 heteroatoms. The predicted molar refractivity (Wildman–Crippen MR) is 294 cm³/mol. The minimum absolute atomic E-state index is 0.00587. The molecule has 3 aliphatic heterocycles. The largest absolute Gasteiger partial charge is 0.480 e. The third-order valence-corrected chi connectivity index (χ3v) is 14.2. The number of alkyl halides is 2. The van der Waals surface area contributed by atoms with E-state index in [1.54, 1.807) is 62.9 Å². The highest BCUT2D eigenvalue weighted by molar-refractivity contribution is 6.11. The molecule has 0 unspecified atom stereocenters. The zero-order valence-electron chi connectivity index (χ0n) is 45.9. The average Bonchev–Trinajstić information content (AvgIpc) is 3.93. The van der Waals surface area contributed by atoms with E-state index in [1.165, 1.54) is 24.4 Å². The highest BCUT2D eigenvalue weighted by Gasteiger charge is 2.47. The number of fused-ring (bicyclic) bond motifs is 1. The molecule has 4 heterocycles. The number of carbonyl (C=O) groups excluding carboxylic acids is 7. The lowest BCUT2D eigenvalue weighted by molar-refractivity contribution is -0.142. The maximum atomic E-state index is 14.5. The van der Waals surface area contributed by atoms with E-state index in [4.69, 9.17) is 5.73 Å². The second kappa shape index (κ2) is 29.9. The van der Waals surface area contributed by atoms with E-state index in [-0.39, 0.29) is 118 Å². The molecule has 3 fully saturated rings. The molecule has 8 N–H and O–H groups in total. The molecule has 0 bridgehead atoms. The molecule has 3 aliphatic rings. The van der Waals surface area contributed by atoms with Crippen LogP contribution in [0.25, 0.3) is 10.9 Å². The quantitative estimate of drug-likeness (QED) is 0.0343. The SMILES string of the molecule is CN(C)C(N)=NCCC[C@H](NC(=O)CCC(=O)Nc1cccc2c(C(=O)NCC(=O)N3CC(F)(F)C[C@H]3C#N)ccnc12)C(=O)N[C@@H](Cc1ccccc1)C(=O)N1CCN(C(=O)CN2CCN(CC(=O)O)CCN(CC(=O)O)CC2)CC1. The number of pyridine rings is 1. The summed E-state index contributed by atoms with van der Waals surface area (Å²) in [5.74, 6) is -9.22. The number of nitriles is 1. The van der Waals surface area contributed by atoms with Crippen molar-refractivity contribution >= 4 is 75.8 Å². The molecule has 26 nitrogen and oxygen atoms in total. The molecule has 6 rings (SSSR count). The second-order valence-corrected chi connectivity index (χ2v) is 20.5. The summed E-state index contributed by atoms with van der Waals surface area (Å²) in [5, 5.41) is 39.2. The van der Waals surface area contributed by atoms with Gasteiger partial charge in [0, 0.05) is 123 Å². The Morgan fingerprint density at radius 1 is 0.780 bits per heavy atom. The van der Waals surface area contributed by atoms with Crippen LogP contribution in [0.15, 0.2) is 65.8 Å². The average molecular weight is 1140 g/mol. The van der Waals surface area contributed by atoms with Gasteiger partial charge in [-0.25, -0.2) is 8.78 Å². The number of halogens is 2. The van der Waals surface area contributed by atoms with Gasteiger partial charge in [-0.3, -0.25) is 67.8 Å². The number of guanidine groups is 1. The molecule has 1 aromatic heterocycles. The number of benzene rings is 2. The van der Waals surface area contributed by atoms with Crippen LogP contribution in [-0.2, 0) is 44.8 Å². The van der Waals surface area contributed by atoms with Gasteiger partial charge in [0.05, 0.1) is 55.6 Å². The Bertz CT molecular complexity index is 2840. The predicted octanol–water partition coefficient (Wildman–Crippen LogP) is -0.929. The fourth-order valence-corrected chi connectivity index (χ4v) is 9.68. The van der Waals surface area contributed by atoms with Gasteiger partial charge in [-0.1, -0.05) is 42.5 Å². The monoisotopic (exact) mass is 1140 g/mol. The molecule has 3 saturated heterocycles. The Kier molecular flexibility index (Phi) is 22.9. The van der Waals surface area contributed by atoms with Crippen LogP contribution in [0.4, 0.5) is 14.5 Å². The van der Waals surface area contributed by atoms with E-state index in [0.29, 0.717) is 39.3 Å². The fourth-order valence-electron chi connectivity index (χ4n) is 9.68. The van der Waals surface area contributed by atoms with Gasteiger partial charge in [0.25, 0.3) is 11.8 Å². The van der Waals surface area contributed by atoms with Crippen molar-refractivity contribution in [3.05, 3.63) is 71.9 Å². The molecule has 2 aromatic carbocycles. The summed E-state index contributed by atoms with van der Waals surface area (Å²) in [6.07, 6.45) is 0.181. The number of aliphatic imine (C=N–C) groups is 1. The lowest BCUT2D eigenvalue weighted by Gasteiger charge is -2.37. The van der Waals surface area contributed by atoms with Gasteiger partial charge >= 0.3 is 11.9 Å². The zero-order valence-corrected chi connectivity index (χ0v) is 45.9. The van der Waals surface area contributed by atoms with Crippen LogP contribution in [0.2, 0.25) is 0 Å². The molecule has 442 valence electrons. The van der Waals surface area contributed by atoms with Gasteiger partial charge < -0.3 is 56.8 Å². The fraction of sp³-hybridized carbons (Fsp3) is 0.519. The Hall–Kier alpha value is -8.42. The molecule has 0 spiro atoms. The number of hydrogen-bond donors (Lipinski definition) is 7. The minimum Gasteiger partial charge on any atom is -0.480 e. The van der Waals surface area contributed by atoms with E-state index >= 15 is 0 Å². The molecule has 7 amide bonds. The van der Waals surface area contributed by atoms with Crippen molar-refractivity contribution in [2.75, 3.05) is 124 Å². The summed E-state index contributed by atoms with van der Waals surface area (Å²) >= 11 is 0. The van der Waals surface area contributed by atoms with E-state index in [2.05, 4.69) is 31.2 Å². The van der Waals surface area contributed by atoms with Crippen LogP contribution >= 0.6 is 0 Å². The van der Waals surface area contributed by atoms with Gasteiger partial charge in [-0.2, -0.15) is 5.26 Å². The highest BCUT2D eigenvalue weighted by atomic mass is 19.3. The number of nitrogens with one attached hydrogen (secondary N) is 4. The second-order valence-electron chi connectivity index (χ2n) is 20.5. The maximum absolute atomic E-state index is 14.5. The minimum atomic E-state index is -3.24. The number of nitrogens with two attached hydrogens (primary N) is 1. The third kappa shape index (κ3) is 18.8. The first-order chi connectivity index (χ1) is 39.1. The van der Waals surface area contributed by atoms with Gasteiger partial charge in [0.15, 0.2) is 5.96 Å². The normalized spacial score (nSPS) is 18.0. The molecule has 3 aromatic rings. The number of hydrogen-bond acceptors (Lipinski definition) is 15. The molecular weight excluding hydrogens is 1070 g/mol. The number of carboxylic acids is 2. The first-order valence-electron chi connectivity index (χ1n) is 26.9. The lowest BCUT2D eigenvalue weighted by atomic mass is 10.0. The summed E-state index contributed by atoms with van der Waals surface area (Å²) < 4.78 is 27.9. The lowest BCUT2D eigenvalue weighted by Crippen LogP contribution is -2.59. The van der Waals surface area contributed by atoms with Gasteiger partial charge in [0.1, 0.15) is 18.1 Å². The van der Waals surface area contributed by atoms with Crippen molar-refractivity contribution in [2.24, 2.45) is 10.7 Å². The topological polar surface area (TPSA) is 340 Å². The first kappa shape index (κ1) is 62.8. The molecule has 82 heavy (non-hydrogen) atoms. The molecule has 3 atom stereocenters. The number of anilines is 1. The van der Waals surface area contributed by atoms with E-state index in [1.807, 2.05) is 23.1 Å². The van der Waals surface area contributed by atoms with Gasteiger partial charge in [0.2, 0.25) is 35.4 Å². The molecule has 0 saturated carbocycles. The van der Waals surface area contributed by atoms with Crippen LogP contribution in [0.1, 0.15) is 48.0 Å². The number of rotatable bonds is 23. The summed E-state index contributed by atoms with van der Waals surface area (Å²) in [6.45, 7) is 0.938. The summed E-state index contributed by atoms with van der Waals surface area (Å²) in [5.41, 5.74) is 7.14. The molecule has 0 aliphatic carbocycles. The number of amides is 7. The van der Waals surface area contributed by atoms with Crippen molar-refractivity contribution in [3.8, 4) is 6.07 Å². The number of likely N-dealkylation sites (tertiary alicyclic amines) is 1. The van der Waals surface area contributed by atoms with Crippen LogP contribution in [0.3, 0.4) is 0 Å². The number of para-hydroxylation sites is 1. The summed E-state index contributed by atoms with van der Waals surface area (Å²) in [4.78, 5) is 138. The number of aliphatic carboxylic acids is 2. The number of nitrogens with zero attached hydrogens (tertiary/aromatic N) is 10. The Morgan fingerprint density at radius 3 is 2.00 bits per heavy atom. The van der Waals surface area contributed by atoms with Gasteiger partial charge in [-0.15, -0.1) is 0 Å². The van der Waals surface area contributed by atoms with Crippen molar-refractivity contribution in [3.63, 3.8) is 0 Å². The highest BCUT2D eigenvalue weighted by Crippen LogP contribution is 2.32. The summed E-state index contributed by atoms with van der Waals surface area (Å²) in [7, 11) is 3.43. The van der Waals surface area contributed by atoms with Crippen LogP contribution in [0, 0.1) is 11.3 Å². The molecule has 0 radical (unpaired) electrons. The Balaban J connectivity index is 1.08. The molecular formula is C54H71F2N15O11. The number of piperazine rings is 1. The van der Waals surface area contributed by atoms with Crippen molar-refractivity contribution < 1.29 is 62.1 Å². The van der Waals surface area contributed by atoms with Crippen molar-refractivity contribution in [1.82, 2.24) is 55.2 Å². The van der Waals surface area contributed by atoms with Crippen molar-refractivity contribution in [1.29, 1.82) is 5.26 Å². The van der Waals surface area contributed by atoms with Crippen molar-refractivity contribution in [2.45, 2.75) is 62.6 Å². The van der Waals surface area contributed by atoms with Crippen LogP contribution < -0.4 is 27.0 Å². The number of carboxylic acid groups (broad SMARTS) is 2. The Labute approximate surface area is 472 Å². The number of aromatic nitrogens is 1. The third-order valence-electron chi connectivity index (χ3n) is 14.2. The standard InChI is InChI=1S/C54H71F2N15O11/c1-65(2)53(58)60-16-7-12-41(63-44(73)14-13-43(72)62-40-11-6-10-38-39(15-17-59-49(38)40)50(80)61-31-45(74)71-35-54(55,56)29-37(71)30-57)51(81)64-42(28-36-8-4-3-5-9-36)52(82)70-26-24-69(25-27-70)46(75)32-66-18-20-67(33-47(76)77)22-23-68(21-19-66)34-48(78)79/h3-6,8-11,15,17,37,41-42H,7,12-14,16,18-29,31-35H2,1-2H3,(H2,58,60)(H,61,80)(H,62,72)(H,63,73)(H,64,81)(H,76,77)(H,78,79)/t37-,41-,42-/m0/s1.